The van der Waals surface area contributed by atoms with E-state index in [0.717, 1.165) is 5.56 Å². The Morgan fingerprint density at radius 1 is 1.31 bits per heavy atom. The van der Waals surface area contributed by atoms with Crippen LogP contribution in [0.5, 0.6) is 0 Å². The molecule has 16 heavy (non-hydrogen) atoms. The second-order valence-corrected chi connectivity index (χ2v) is 4.33. The third kappa shape index (κ3) is 2.81. The second kappa shape index (κ2) is 4.63. The standard InChI is InChI=1S/C12H18N2O2/c1-8-6-4-5-7-9(8)10(15)16-12(2,3)11(13)14/h4-7,11H,13-14H2,1-3H3. The smallest absolute Gasteiger partial charge is 0.339 e. The molecule has 0 saturated carbocycles. The number of rotatable bonds is 3. The lowest BCUT2D eigenvalue weighted by Crippen LogP contribution is -2.52. The molecule has 0 bridgehead atoms. The molecule has 4 N–H and O–H groups in total. The number of benzene rings is 1. The van der Waals surface area contributed by atoms with Crippen molar-refractivity contribution in [3.05, 3.63) is 35.4 Å². The number of esters is 1. The second-order valence-electron chi connectivity index (χ2n) is 4.33. The molecule has 0 aliphatic carbocycles. The number of aryl methyl sites for hydroxylation is 1. The molecule has 88 valence electrons. The van der Waals surface area contributed by atoms with Crippen molar-refractivity contribution in [2.75, 3.05) is 0 Å². The molecule has 0 saturated heterocycles. The molecule has 1 aromatic carbocycles. The van der Waals surface area contributed by atoms with Gasteiger partial charge >= 0.3 is 5.97 Å². The molecule has 1 rings (SSSR count). The van der Waals surface area contributed by atoms with Crippen LogP contribution in [0.15, 0.2) is 24.3 Å². The van der Waals surface area contributed by atoms with E-state index in [1.807, 2.05) is 19.1 Å². The lowest BCUT2D eigenvalue weighted by molar-refractivity contribution is -0.0117. The van der Waals surface area contributed by atoms with E-state index in [9.17, 15) is 4.79 Å². The molecule has 0 amide bonds. The first-order valence-corrected chi connectivity index (χ1v) is 5.15. The Morgan fingerprint density at radius 3 is 2.38 bits per heavy atom. The van der Waals surface area contributed by atoms with Crippen molar-refractivity contribution in [1.29, 1.82) is 0 Å². The number of carbonyl (C=O) groups is 1. The summed E-state index contributed by atoms with van der Waals surface area (Å²) in [6, 6.07) is 7.23. The van der Waals surface area contributed by atoms with Crippen molar-refractivity contribution in [2.24, 2.45) is 11.5 Å². The van der Waals surface area contributed by atoms with Gasteiger partial charge in [-0.15, -0.1) is 0 Å². The molecule has 0 aromatic heterocycles. The number of nitrogens with two attached hydrogens (primary N) is 2. The number of hydrogen-bond acceptors (Lipinski definition) is 4. The fourth-order valence-electron chi connectivity index (χ4n) is 1.16. The monoisotopic (exact) mass is 222 g/mol. The zero-order valence-corrected chi connectivity index (χ0v) is 9.86. The average Bonchev–Trinajstić information content (AvgIpc) is 2.17. The fourth-order valence-corrected chi connectivity index (χ4v) is 1.16. The Hall–Kier alpha value is -1.39. The normalized spacial score (nSPS) is 11.6. The van der Waals surface area contributed by atoms with Crippen LogP contribution in [0.4, 0.5) is 0 Å². The molecule has 0 unspecified atom stereocenters. The molecule has 0 radical (unpaired) electrons. The van der Waals surface area contributed by atoms with Crippen LogP contribution < -0.4 is 11.5 Å². The summed E-state index contributed by atoms with van der Waals surface area (Å²) in [4.78, 5) is 11.9. The van der Waals surface area contributed by atoms with Gasteiger partial charge in [-0.25, -0.2) is 4.79 Å². The summed E-state index contributed by atoms with van der Waals surface area (Å²) >= 11 is 0. The van der Waals surface area contributed by atoms with Gasteiger partial charge in [0.05, 0.1) is 11.7 Å². The minimum absolute atomic E-state index is 0.399. The topological polar surface area (TPSA) is 78.3 Å². The van der Waals surface area contributed by atoms with Crippen LogP contribution in [-0.4, -0.2) is 17.7 Å². The maximum atomic E-state index is 11.9. The van der Waals surface area contributed by atoms with E-state index in [2.05, 4.69) is 0 Å². The third-order valence-electron chi connectivity index (χ3n) is 2.52. The van der Waals surface area contributed by atoms with Gasteiger partial charge in [-0.2, -0.15) is 0 Å². The predicted octanol–water partition coefficient (Wildman–Crippen LogP) is 1.17. The van der Waals surface area contributed by atoms with Gasteiger partial charge in [0.2, 0.25) is 0 Å². The first-order chi connectivity index (χ1) is 7.34. The van der Waals surface area contributed by atoms with Gasteiger partial charge in [0, 0.05) is 0 Å². The van der Waals surface area contributed by atoms with Crippen molar-refractivity contribution in [3.8, 4) is 0 Å². The maximum absolute atomic E-state index is 11.9. The lowest BCUT2D eigenvalue weighted by atomic mass is 10.1. The van der Waals surface area contributed by atoms with Crippen LogP contribution in [0.1, 0.15) is 29.8 Å². The van der Waals surface area contributed by atoms with Gasteiger partial charge in [-0.3, -0.25) is 0 Å². The zero-order valence-electron chi connectivity index (χ0n) is 9.86. The molecule has 0 fully saturated rings. The summed E-state index contributed by atoms with van der Waals surface area (Å²) in [5.41, 5.74) is 11.6. The summed E-state index contributed by atoms with van der Waals surface area (Å²) in [5, 5.41) is 0. The molecule has 1 aromatic rings. The highest BCUT2D eigenvalue weighted by Crippen LogP contribution is 2.16. The lowest BCUT2D eigenvalue weighted by Gasteiger charge is -2.28. The highest BCUT2D eigenvalue weighted by molar-refractivity contribution is 5.91. The van der Waals surface area contributed by atoms with E-state index in [4.69, 9.17) is 16.2 Å². The minimum Gasteiger partial charge on any atom is -0.453 e. The number of ether oxygens (including phenoxy) is 1. The van der Waals surface area contributed by atoms with Gasteiger partial charge in [-0.1, -0.05) is 18.2 Å². The van der Waals surface area contributed by atoms with Crippen molar-refractivity contribution < 1.29 is 9.53 Å². The van der Waals surface area contributed by atoms with Crippen LogP contribution in [0.2, 0.25) is 0 Å². The molecule has 4 heteroatoms. The van der Waals surface area contributed by atoms with Gasteiger partial charge in [0.1, 0.15) is 5.60 Å². The molecule has 0 aliphatic rings. The largest absolute Gasteiger partial charge is 0.453 e. The Bertz CT molecular complexity index is 386. The zero-order chi connectivity index (χ0) is 12.3. The first-order valence-electron chi connectivity index (χ1n) is 5.15. The SMILES string of the molecule is Cc1ccccc1C(=O)OC(C)(C)C(N)N. The Labute approximate surface area is 95.6 Å². The molecule has 0 atom stereocenters. The van der Waals surface area contributed by atoms with Crippen LogP contribution in [-0.2, 0) is 4.74 Å². The molecular weight excluding hydrogens is 204 g/mol. The van der Waals surface area contributed by atoms with Crippen LogP contribution >= 0.6 is 0 Å². The van der Waals surface area contributed by atoms with Crippen LogP contribution in [0, 0.1) is 6.92 Å². The highest BCUT2D eigenvalue weighted by Gasteiger charge is 2.28. The van der Waals surface area contributed by atoms with Gasteiger partial charge in [0.25, 0.3) is 0 Å². The van der Waals surface area contributed by atoms with E-state index in [0.29, 0.717) is 5.56 Å². The Morgan fingerprint density at radius 2 is 1.88 bits per heavy atom. The van der Waals surface area contributed by atoms with E-state index in [1.165, 1.54) is 0 Å². The quantitative estimate of drug-likeness (QED) is 0.594. The molecular formula is C12H18N2O2. The van der Waals surface area contributed by atoms with Crippen LogP contribution in [0.3, 0.4) is 0 Å². The van der Waals surface area contributed by atoms with Gasteiger partial charge in [-0.05, 0) is 32.4 Å². The summed E-state index contributed by atoms with van der Waals surface area (Å²) in [7, 11) is 0. The van der Waals surface area contributed by atoms with Crippen molar-refractivity contribution >= 4 is 5.97 Å². The van der Waals surface area contributed by atoms with Crippen LogP contribution in [0.25, 0.3) is 0 Å². The van der Waals surface area contributed by atoms with Gasteiger partial charge < -0.3 is 16.2 Å². The Balaban J connectivity index is 2.85. The molecule has 0 aliphatic heterocycles. The summed E-state index contributed by atoms with van der Waals surface area (Å²) in [5.74, 6) is -0.399. The van der Waals surface area contributed by atoms with E-state index in [-0.39, 0.29) is 0 Å². The first kappa shape index (κ1) is 12.7. The predicted molar refractivity (Wildman–Crippen MR) is 62.8 cm³/mol. The van der Waals surface area contributed by atoms with E-state index >= 15 is 0 Å². The van der Waals surface area contributed by atoms with E-state index in [1.54, 1.807) is 26.0 Å². The number of carbonyl (C=O) groups excluding carboxylic acids is 1. The Kier molecular flexibility index (Phi) is 3.67. The average molecular weight is 222 g/mol. The molecule has 0 spiro atoms. The van der Waals surface area contributed by atoms with Crippen molar-refractivity contribution in [2.45, 2.75) is 32.5 Å². The molecule has 4 nitrogen and oxygen atoms in total. The summed E-state index contributed by atoms with van der Waals surface area (Å²) in [6.45, 7) is 5.23. The van der Waals surface area contributed by atoms with Gasteiger partial charge in [0.15, 0.2) is 0 Å². The van der Waals surface area contributed by atoms with E-state index < -0.39 is 17.7 Å². The summed E-state index contributed by atoms with van der Waals surface area (Å²) in [6.07, 6.45) is -0.708. The summed E-state index contributed by atoms with van der Waals surface area (Å²) < 4.78 is 5.28. The highest BCUT2D eigenvalue weighted by atomic mass is 16.6. The maximum Gasteiger partial charge on any atom is 0.339 e. The minimum atomic E-state index is -0.876. The number of hydrogen-bond donors (Lipinski definition) is 2. The molecule has 0 heterocycles. The fraction of sp³-hybridized carbons (Fsp3) is 0.417. The van der Waals surface area contributed by atoms with Crippen molar-refractivity contribution in [1.82, 2.24) is 0 Å². The van der Waals surface area contributed by atoms with Crippen molar-refractivity contribution in [3.63, 3.8) is 0 Å². The third-order valence-corrected chi connectivity index (χ3v) is 2.52.